The minimum atomic E-state index is -0.204. The Morgan fingerprint density at radius 1 is 1.33 bits per heavy atom. The third-order valence-electron chi connectivity index (χ3n) is 2.83. The molecule has 6 nitrogen and oxygen atoms in total. The number of nitrogens with one attached hydrogen (secondary N) is 1. The molecule has 1 aliphatic rings. The summed E-state index contributed by atoms with van der Waals surface area (Å²) in [6, 6.07) is 0.334. The zero-order chi connectivity index (χ0) is 11.3. The molecule has 1 rings (SSSR count). The van der Waals surface area contributed by atoms with Gasteiger partial charge in [0.2, 0.25) is 5.91 Å². The molecular weight excluding hydrogens is 196 g/mol. The van der Waals surface area contributed by atoms with Crippen LogP contribution in [0.2, 0.25) is 0 Å². The Morgan fingerprint density at radius 3 is 2.40 bits per heavy atom. The van der Waals surface area contributed by atoms with E-state index in [9.17, 15) is 4.79 Å². The van der Waals surface area contributed by atoms with Gasteiger partial charge in [-0.15, -0.1) is 0 Å². The van der Waals surface area contributed by atoms with E-state index in [2.05, 4.69) is 10.5 Å². The predicted octanol–water partition coefficient (Wildman–Crippen LogP) is -0.633. The minimum absolute atomic E-state index is 0.0203. The molecule has 0 unspecified atom stereocenters. The zero-order valence-corrected chi connectivity index (χ0v) is 8.65. The maximum atomic E-state index is 10.9. The Morgan fingerprint density at radius 2 is 1.93 bits per heavy atom. The molecular formula is C9H18N4O2. The molecule has 0 atom stereocenters. The quantitative estimate of drug-likeness (QED) is 0.216. The first-order chi connectivity index (χ1) is 7.13. The maximum absolute atomic E-state index is 10.9. The van der Waals surface area contributed by atoms with E-state index < -0.39 is 0 Å². The highest BCUT2D eigenvalue weighted by molar-refractivity contribution is 5.81. The third kappa shape index (κ3) is 3.75. The summed E-state index contributed by atoms with van der Waals surface area (Å²) in [5.74, 6) is -0.0104. The van der Waals surface area contributed by atoms with E-state index in [1.165, 1.54) is 0 Å². The lowest BCUT2D eigenvalue weighted by Gasteiger charge is -2.27. The topological polar surface area (TPSA) is 114 Å². The van der Waals surface area contributed by atoms with E-state index in [0.717, 1.165) is 25.7 Å². The van der Waals surface area contributed by atoms with Crippen LogP contribution in [0.3, 0.4) is 0 Å². The Balaban J connectivity index is 2.23. The van der Waals surface area contributed by atoms with Gasteiger partial charge in [-0.1, -0.05) is 5.16 Å². The van der Waals surface area contributed by atoms with Gasteiger partial charge in [0.15, 0.2) is 5.84 Å². The van der Waals surface area contributed by atoms with Crippen molar-refractivity contribution in [1.82, 2.24) is 5.32 Å². The number of nitrogens with two attached hydrogens (primary N) is 2. The number of primary amides is 1. The molecule has 15 heavy (non-hydrogen) atoms. The zero-order valence-electron chi connectivity index (χ0n) is 8.65. The fraction of sp³-hybridized carbons (Fsp3) is 0.778. The molecule has 0 aromatic rings. The number of hydrogen-bond acceptors (Lipinski definition) is 4. The van der Waals surface area contributed by atoms with Crippen LogP contribution in [-0.2, 0) is 4.79 Å². The minimum Gasteiger partial charge on any atom is -0.409 e. The molecule has 0 aromatic carbocycles. The summed E-state index contributed by atoms with van der Waals surface area (Å²) < 4.78 is 0. The van der Waals surface area contributed by atoms with Gasteiger partial charge in [-0.3, -0.25) is 4.79 Å². The van der Waals surface area contributed by atoms with E-state index in [0.29, 0.717) is 12.6 Å². The van der Waals surface area contributed by atoms with Crippen LogP contribution < -0.4 is 16.8 Å². The number of hydrogen-bond donors (Lipinski definition) is 4. The Labute approximate surface area is 88.7 Å². The molecule has 0 aliphatic heterocycles. The number of amides is 1. The highest BCUT2D eigenvalue weighted by Gasteiger charge is 2.24. The maximum Gasteiger partial charge on any atom is 0.220 e. The van der Waals surface area contributed by atoms with E-state index in [1.807, 2.05) is 0 Å². The van der Waals surface area contributed by atoms with Crippen LogP contribution in [0, 0.1) is 5.92 Å². The molecule has 0 heterocycles. The van der Waals surface area contributed by atoms with Crippen molar-refractivity contribution >= 4 is 11.7 Å². The molecule has 0 spiro atoms. The smallest absolute Gasteiger partial charge is 0.220 e. The lowest BCUT2D eigenvalue weighted by molar-refractivity contribution is -0.122. The molecule has 0 bridgehead atoms. The molecule has 0 aromatic heterocycles. The predicted molar refractivity (Wildman–Crippen MR) is 56.4 cm³/mol. The highest BCUT2D eigenvalue weighted by Crippen LogP contribution is 2.23. The molecule has 1 fully saturated rings. The number of carbonyl (C=O) groups is 1. The van der Waals surface area contributed by atoms with E-state index in [1.54, 1.807) is 0 Å². The molecule has 1 saturated carbocycles. The van der Waals surface area contributed by atoms with Gasteiger partial charge in [-0.05, 0) is 25.7 Å². The van der Waals surface area contributed by atoms with Crippen LogP contribution in [0.5, 0.6) is 0 Å². The largest absolute Gasteiger partial charge is 0.409 e. The van der Waals surface area contributed by atoms with Crippen LogP contribution in [0.25, 0.3) is 0 Å². The fourth-order valence-corrected chi connectivity index (χ4v) is 1.87. The third-order valence-corrected chi connectivity index (χ3v) is 2.83. The second-order valence-electron chi connectivity index (χ2n) is 3.92. The van der Waals surface area contributed by atoms with E-state index >= 15 is 0 Å². The molecule has 86 valence electrons. The molecule has 1 amide bonds. The highest BCUT2D eigenvalue weighted by atomic mass is 16.4. The molecule has 6 N–H and O–H groups in total. The molecule has 1 aliphatic carbocycles. The monoisotopic (exact) mass is 214 g/mol. The molecule has 6 heteroatoms. The van der Waals surface area contributed by atoms with Gasteiger partial charge in [0.1, 0.15) is 0 Å². The first kappa shape index (κ1) is 11.8. The van der Waals surface area contributed by atoms with Gasteiger partial charge in [-0.2, -0.15) is 0 Å². The second kappa shape index (κ2) is 5.55. The van der Waals surface area contributed by atoms with Gasteiger partial charge in [0, 0.05) is 12.0 Å². The van der Waals surface area contributed by atoms with Crippen LogP contribution in [0.1, 0.15) is 25.7 Å². The number of oxime groups is 1. The number of amidine groups is 1. The van der Waals surface area contributed by atoms with Crippen molar-refractivity contribution in [2.24, 2.45) is 22.5 Å². The summed E-state index contributed by atoms with van der Waals surface area (Å²) in [7, 11) is 0. The summed E-state index contributed by atoms with van der Waals surface area (Å²) in [4.78, 5) is 10.9. The standard InChI is InChI=1S/C9H18N4O2/c10-8(13-15)5-12-7-3-1-6(2-4-7)9(11)14/h6-7,12,15H,1-5H2,(H2,10,13)(H2,11,14). The van der Waals surface area contributed by atoms with Crippen LogP contribution in [0.15, 0.2) is 5.16 Å². The Kier molecular flexibility index (Phi) is 4.36. The van der Waals surface area contributed by atoms with Crippen LogP contribution in [-0.4, -0.2) is 29.5 Å². The summed E-state index contributed by atoms with van der Waals surface area (Å²) in [5.41, 5.74) is 10.6. The van der Waals surface area contributed by atoms with Crippen molar-refractivity contribution in [2.75, 3.05) is 6.54 Å². The van der Waals surface area contributed by atoms with Gasteiger partial charge in [-0.25, -0.2) is 0 Å². The first-order valence-electron chi connectivity index (χ1n) is 5.12. The van der Waals surface area contributed by atoms with Crippen LogP contribution in [0.4, 0.5) is 0 Å². The van der Waals surface area contributed by atoms with Crippen molar-refractivity contribution < 1.29 is 10.0 Å². The van der Waals surface area contributed by atoms with Crippen molar-refractivity contribution in [3.63, 3.8) is 0 Å². The summed E-state index contributed by atoms with van der Waals surface area (Å²) in [6.07, 6.45) is 3.46. The lowest BCUT2D eigenvalue weighted by atomic mass is 9.85. The van der Waals surface area contributed by atoms with Crippen LogP contribution >= 0.6 is 0 Å². The van der Waals surface area contributed by atoms with Crippen molar-refractivity contribution in [2.45, 2.75) is 31.7 Å². The molecule has 0 radical (unpaired) electrons. The summed E-state index contributed by atoms with van der Waals surface area (Å²) in [5, 5.41) is 14.4. The Hall–Kier alpha value is -1.30. The van der Waals surface area contributed by atoms with Gasteiger partial charge < -0.3 is 22.0 Å². The lowest BCUT2D eigenvalue weighted by Crippen LogP contribution is -2.40. The van der Waals surface area contributed by atoms with Gasteiger partial charge in [0.05, 0.1) is 6.54 Å². The fourth-order valence-electron chi connectivity index (χ4n) is 1.87. The number of rotatable bonds is 4. The average Bonchev–Trinajstić information content (AvgIpc) is 2.26. The normalized spacial score (nSPS) is 27.6. The SMILES string of the molecule is NC(=O)C1CCC(NCC(N)=NO)CC1. The molecule has 0 saturated heterocycles. The van der Waals surface area contributed by atoms with Crippen molar-refractivity contribution in [3.05, 3.63) is 0 Å². The van der Waals surface area contributed by atoms with Crippen molar-refractivity contribution in [3.8, 4) is 0 Å². The summed E-state index contributed by atoms with van der Waals surface area (Å²) >= 11 is 0. The summed E-state index contributed by atoms with van der Waals surface area (Å²) in [6.45, 7) is 0.377. The van der Waals surface area contributed by atoms with E-state index in [4.69, 9.17) is 16.7 Å². The van der Waals surface area contributed by atoms with E-state index in [-0.39, 0.29) is 17.7 Å². The first-order valence-corrected chi connectivity index (χ1v) is 5.12. The Bertz CT molecular complexity index is 246. The average molecular weight is 214 g/mol. The van der Waals surface area contributed by atoms with Gasteiger partial charge >= 0.3 is 0 Å². The van der Waals surface area contributed by atoms with Gasteiger partial charge in [0.25, 0.3) is 0 Å². The number of carbonyl (C=O) groups excluding carboxylic acids is 1. The van der Waals surface area contributed by atoms with Crippen molar-refractivity contribution in [1.29, 1.82) is 0 Å². The second-order valence-corrected chi connectivity index (χ2v) is 3.92. The number of nitrogens with zero attached hydrogens (tertiary/aromatic N) is 1.